The van der Waals surface area contributed by atoms with Crippen LogP contribution in [0.15, 0.2) is 53.9 Å². The first kappa shape index (κ1) is 46.7. The average molecular weight is 858 g/mol. The standard InChI is InChI=1S/C44H58F3N5O7S/c1-7-27(4)38(50-40(54)35-15-11-12-18-51(35)5)42(55)52(23-28-13-9-8-10-14-28)36(26(2)3)22-37(59-25-58-6)41-49-34(24-60-41)39(53)48-31-19-29-16-17-30(44(45,46)47)20-32(29)33(21-31)43(56)57/h8-10,13-14,16-17,20,24,26-27,31,33,35-38H,7,11-12,15,18-19,21-23,25H2,1-6H3,(H,48,53)(H,50,54)(H,56,57)/t27-,31-,33+,35+,36+,37+,38-/m0/s1. The van der Waals surface area contributed by atoms with Crippen molar-refractivity contribution in [3.63, 3.8) is 0 Å². The summed E-state index contributed by atoms with van der Waals surface area (Å²) in [5.74, 6) is -3.69. The number of carboxylic acid groups (broad SMARTS) is 1. The third-order valence-corrected chi connectivity index (χ3v) is 12.8. The summed E-state index contributed by atoms with van der Waals surface area (Å²) >= 11 is 1.20. The van der Waals surface area contributed by atoms with Crippen LogP contribution < -0.4 is 10.6 Å². The number of fused-ring (bicyclic) bond motifs is 1. The molecule has 3 amide bonds. The van der Waals surface area contributed by atoms with Gasteiger partial charge < -0.3 is 30.1 Å². The van der Waals surface area contributed by atoms with Gasteiger partial charge in [0.05, 0.1) is 17.5 Å². The van der Waals surface area contributed by atoms with E-state index in [0.29, 0.717) is 17.0 Å². The van der Waals surface area contributed by atoms with Crippen LogP contribution in [-0.4, -0.2) is 95.2 Å². The summed E-state index contributed by atoms with van der Waals surface area (Å²) in [7, 11) is 3.43. The summed E-state index contributed by atoms with van der Waals surface area (Å²) < 4.78 is 51.9. The first-order chi connectivity index (χ1) is 28.5. The van der Waals surface area contributed by atoms with E-state index in [0.717, 1.165) is 43.5 Å². The number of halogens is 3. The van der Waals surface area contributed by atoms with Gasteiger partial charge in [-0.05, 0) is 79.9 Å². The third-order valence-electron chi connectivity index (χ3n) is 11.8. The van der Waals surface area contributed by atoms with E-state index >= 15 is 0 Å². The number of carbonyl (C=O) groups is 4. The zero-order chi connectivity index (χ0) is 43.7. The van der Waals surface area contributed by atoms with E-state index in [1.54, 1.807) is 5.38 Å². The van der Waals surface area contributed by atoms with Crippen LogP contribution in [0.2, 0.25) is 0 Å². The number of benzene rings is 2. The van der Waals surface area contributed by atoms with E-state index in [2.05, 4.69) is 15.6 Å². The van der Waals surface area contributed by atoms with Crippen LogP contribution in [0, 0.1) is 11.8 Å². The molecule has 1 aromatic heterocycles. The Bertz CT molecular complexity index is 1930. The maximum Gasteiger partial charge on any atom is 0.416 e. The van der Waals surface area contributed by atoms with E-state index in [4.69, 9.17) is 9.47 Å². The van der Waals surface area contributed by atoms with Gasteiger partial charge in [-0.25, -0.2) is 4.98 Å². The Balaban J connectivity index is 1.40. The fourth-order valence-corrected chi connectivity index (χ4v) is 9.07. The van der Waals surface area contributed by atoms with E-state index in [-0.39, 0.29) is 73.5 Å². The number of aromatic nitrogens is 1. The van der Waals surface area contributed by atoms with Gasteiger partial charge in [0.1, 0.15) is 29.6 Å². The molecule has 0 bridgehead atoms. The number of carboxylic acids is 1. The number of piperidine rings is 1. The summed E-state index contributed by atoms with van der Waals surface area (Å²) in [6, 6.07) is 10.5. The van der Waals surface area contributed by atoms with Crippen molar-refractivity contribution < 1.29 is 46.9 Å². The molecule has 16 heteroatoms. The Hall–Kier alpha value is -4.38. The normalized spacial score (nSPS) is 20.4. The second-order valence-corrected chi connectivity index (χ2v) is 17.3. The molecule has 1 aliphatic carbocycles. The molecule has 0 saturated carbocycles. The molecule has 0 radical (unpaired) electrons. The Morgan fingerprint density at radius 1 is 1.08 bits per heavy atom. The van der Waals surface area contributed by atoms with Crippen LogP contribution >= 0.6 is 11.3 Å². The number of nitrogens with zero attached hydrogens (tertiary/aromatic N) is 3. The predicted octanol–water partition coefficient (Wildman–Crippen LogP) is 7.20. The van der Waals surface area contributed by atoms with Crippen LogP contribution in [-0.2, 0) is 43.0 Å². The van der Waals surface area contributed by atoms with Crippen LogP contribution in [0.5, 0.6) is 0 Å². The Morgan fingerprint density at radius 2 is 1.82 bits per heavy atom. The average Bonchev–Trinajstić information content (AvgIpc) is 3.72. The maximum absolute atomic E-state index is 15.0. The van der Waals surface area contributed by atoms with Crippen LogP contribution in [0.1, 0.15) is 116 Å². The van der Waals surface area contributed by atoms with Gasteiger partial charge in [0.25, 0.3) is 5.91 Å². The molecule has 328 valence electrons. The lowest BCUT2D eigenvalue weighted by Gasteiger charge is -2.40. The molecule has 0 spiro atoms. The number of hydrogen-bond donors (Lipinski definition) is 3. The minimum atomic E-state index is -4.62. The monoisotopic (exact) mass is 857 g/mol. The quantitative estimate of drug-likeness (QED) is 0.113. The Kier molecular flexibility index (Phi) is 16.3. The molecule has 0 unspecified atom stereocenters. The van der Waals surface area contributed by atoms with Gasteiger partial charge in [0, 0.05) is 37.5 Å². The molecule has 5 rings (SSSR count). The van der Waals surface area contributed by atoms with E-state index in [1.165, 1.54) is 24.5 Å². The first-order valence-corrected chi connectivity index (χ1v) is 21.5. The Labute approximate surface area is 354 Å². The number of ether oxygens (including phenoxy) is 2. The number of likely N-dealkylation sites (N-methyl/N-ethyl adjacent to an activating group) is 1. The second-order valence-electron chi connectivity index (χ2n) is 16.4. The van der Waals surface area contributed by atoms with E-state index < -0.39 is 53.8 Å². The van der Waals surface area contributed by atoms with Gasteiger partial charge in [-0.1, -0.05) is 76.9 Å². The fourth-order valence-electron chi connectivity index (χ4n) is 8.21. The molecule has 2 heterocycles. The smallest absolute Gasteiger partial charge is 0.416 e. The van der Waals surface area contributed by atoms with Crippen molar-refractivity contribution in [3.05, 3.63) is 86.9 Å². The van der Waals surface area contributed by atoms with Crippen molar-refractivity contribution in [2.24, 2.45) is 11.8 Å². The lowest BCUT2D eigenvalue weighted by Crippen LogP contribution is -2.58. The molecule has 3 aromatic rings. The molecule has 2 aliphatic rings. The highest BCUT2D eigenvalue weighted by Gasteiger charge is 2.40. The zero-order valence-corrected chi connectivity index (χ0v) is 36.0. The number of nitrogens with one attached hydrogen (secondary N) is 2. The SMILES string of the molecule is CC[C@H](C)[C@H](NC(=O)[C@H]1CCCCN1C)C(=O)N(Cc1ccccc1)[C@H](C[C@@H](OCOC)c1nc(C(=O)N[C@H]2Cc3ccc(C(F)(F)F)cc3[C@H](C(=O)O)C2)cs1)C(C)C. The number of aliphatic carboxylic acids is 1. The van der Waals surface area contributed by atoms with Gasteiger partial charge in [0.2, 0.25) is 11.8 Å². The number of likely N-dealkylation sites (tertiary alicyclic amines) is 1. The van der Waals surface area contributed by atoms with Gasteiger partial charge in [-0.3, -0.25) is 24.1 Å². The molecule has 2 aromatic carbocycles. The van der Waals surface area contributed by atoms with Gasteiger partial charge in [-0.15, -0.1) is 11.3 Å². The number of amides is 3. The first-order valence-electron chi connectivity index (χ1n) is 20.7. The summed E-state index contributed by atoms with van der Waals surface area (Å²) in [5, 5.41) is 18.0. The highest BCUT2D eigenvalue weighted by Crippen LogP contribution is 2.38. The fraction of sp³-hybridized carbons (Fsp3) is 0.568. The topological polar surface area (TPSA) is 150 Å². The molecule has 12 nitrogen and oxygen atoms in total. The van der Waals surface area contributed by atoms with E-state index in [9.17, 15) is 37.5 Å². The molecular weight excluding hydrogens is 800 g/mol. The summed E-state index contributed by atoms with van der Waals surface area (Å²) in [4.78, 5) is 63.2. The minimum absolute atomic E-state index is 0.0663. The lowest BCUT2D eigenvalue weighted by molar-refractivity contribution is -0.144. The minimum Gasteiger partial charge on any atom is -0.481 e. The van der Waals surface area contributed by atoms with Gasteiger partial charge >= 0.3 is 12.1 Å². The lowest BCUT2D eigenvalue weighted by atomic mass is 9.79. The van der Waals surface area contributed by atoms with Crippen molar-refractivity contribution >= 4 is 35.0 Å². The number of thiazole rings is 1. The third kappa shape index (κ3) is 11.7. The molecule has 3 N–H and O–H groups in total. The molecule has 60 heavy (non-hydrogen) atoms. The highest BCUT2D eigenvalue weighted by atomic mass is 32.1. The van der Waals surface area contributed by atoms with Crippen LogP contribution in [0.3, 0.4) is 0 Å². The number of carbonyl (C=O) groups excluding carboxylic acids is 3. The molecule has 1 aliphatic heterocycles. The molecule has 1 fully saturated rings. The van der Waals surface area contributed by atoms with Crippen LogP contribution in [0.4, 0.5) is 13.2 Å². The molecule has 1 saturated heterocycles. The molecule has 7 atom stereocenters. The summed E-state index contributed by atoms with van der Waals surface area (Å²) in [6.07, 6.45) is -1.66. The zero-order valence-electron chi connectivity index (χ0n) is 35.2. The summed E-state index contributed by atoms with van der Waals surface area (Å²) in [6.45, 7) is 9.01. The Morgan fingerprint density at radius 3 is 2.45 bits per heavy atom. The van der Waals surface area contributed by atoms with Gasteiger partial charge in [-0.2, -0.15) is 13.2 Å². The summed E-state index contributed by atoms with van der Waals surface area (Å²) in [5.41, 5.74) is 0.566. The van der Waals surface area contributed by atoms with Crippen molar-refractivity contribution in [2.45, 2.75) is 122 Å². The van der Waals surface area contributed by atoms with Crippen LogP contribution in [0.25, 0.3) is 0 Å². The van der Waals surface area contributed by atoms with Gasteiger partial charge in [0.15, 0.2) is 0 Å². The maximum atomic E-state index is 15.0. The highest BCUT2D eigenvalue weighted by molar-refractivity contribution is 7.09. The number of methoxy groups -OCH3 is 1. The van der Waals surface area contributed by atoms with Crippen molar-refractivity contribution in [3.8, 4) is 0 Å². The second kappa shape index (κ2) is 20.9. The van der Waals surface area contributed by atoms with Crippen molar-refractivity contribution in [2.75, 3.05) is 27.5 Å². The van der Waals surface area contributed by atoms with Crippen molar-refractivity contribution in [1.29, 1.82) is 0 Å². The van der Waals surface area contributed by atoms with E-state index in [1.807, 2.05) is 74.9 Å². The molecular formula is C44H58F3N5O7S. The number of alkyl halides is 3. The largest absolute Gasteiger partial charge is 0.481 e. The van der Waals surface area contributed by atoms with Crippen molar-refractivity contribution in [1.82, 2.24) is 25.4 Å². The number of rotatable bonds is 18. The number of hydrogen-bond acceptors (Lipinski definition) is 9. The predicted molar refractivity (Wildman–Crippen MR) is 221 cm³/mol.